The average Bonchev–Trinajstić information content (AvgIpc) is 2.60. The topological polar surface area (TPSA) is 69.6 Å². The van der Waals surface area contributed by atoms with E-state index in [4.69, 9.17) is 18.9 Å². The van der Waals surface area contributed by atoms with Gasteiger partial charge in [-0.05, 0) is 29.4 Å². The summed E-state index contributed by atoms with van der Waals surface area (Å²) in [7, 11) is 0. The van der Waals surface area contributed by atoms with Gasteiger partial charge in [0.25, 0.3) is 0 Å². The van der Waals surface area contributed by atoms with Gasteiger partial charge in [0.15, 0.2) is 0 Å². The monoisotopic (exact) mass is 324 g/mol. The molecule has 0 aromatic heterocycles. The number of ether oxygens (including phenoxy) is 4. The molecule has 0 amide bonds. The number of rotatable bonds is 2. The molecule has 1 aromatic rings. The Hall–Kier alpha value is -1.54. The molecule has 1 aromatic carbocycles. The predicted octanol–water partition coefficient (Wildman–Crippen LogP) is 1.97. The molecule has 0 saturated carbocycles. The standard InChI is InChI=1S/C16H24N2O5/c19-17-15-1-3-16(4-2-15)18-5-7-20-9-11-22-13-14-23-12-10-21-8-6-18/h1-4H,5-14H2. The maximum atomic E-state index is 10.5. The van der Waals surface area contributed by atoms with Crippen LogP contribution in [-0.4, -0.2) is 65.9 Å². The van der Waals surface area contributed by atoms with E-state index in [9.17, 15) is 4.91 Å². The molecule has 0 bridgehead atoms. The third kappa shape index (κ3) is 7.04. The van der Waals surface area contributed by atoms with Crippen LogP contribution in [0.2, 0.25) is 0 Å². The van der Waals surface area contributed by atoms with Crippen molar-refractivity contribution < 1.29 is 18.9 Å². The number of hydrogen-bond acceptors (Lipinski definition) is 7. The van der Waals surface area contributed by atoms with Crippen molar-refractivity contribution in [3.05, 3.63) is 29.2 Å². The van der Waals surface area contributed by atoms with E-state index in [1.807, 2.05) is 12.1 Å². The second-order valence-electron chi connectivity index (χ2n) is 5.04. The lowest BCUT2D eigenvalue weighted by molar-refractivity contribution is 0.00206. The van der Waals surface area contributed by atoms with Crippen LogP contribution < -0.4 is 4.90 Å². The van der Waals surface area contributed by atoms with Gasteiger partial charge in [0, 0.05) is 18.8 Å². The predicted molar refractivity (Wildman–Crippen MR) is 87.4 cm³/mol. The molecule has 128 valence electrons. The minimum atomic E-state index is 0.425. The smallest absolute Gasteiger partial charge is 0.108 e. The molecule has 1 heterocycles. The lowest BCUT2D eigenvalue weighted by Gasteiger charge is -2.24. The first-order chi connectivity index (χ1) is 11.4. The molecule has 0 N–H and O–H groups in total. The molecule has 2 rings (SSSR count). The van der Waals surface area contributed by atoms with Gasteiger partial charge < -0.3 is 23.8 Å². The van der Waals surface area contributed by atoms with Crippen molar-refractivity contribution in [3.63, 3.8) is 0 Å². The van der Waals surface area contributed by atoms with Crippen LogP contribution in [0.1, 0.15) is 0 Å². The summed E-state index contributed by atoms with van der Waals surface area (Å²) >= 11 is 0. The minimum absolute atomic E-state index is 0.425. The van der Waals surface area contributed by atoms with E-state index in [0.717, 1.165) is 18.8 Å². The SMILES string of the molecule is O=Nc1ccc(N2CCOCCOCCOCCOCC2)cc1. The zero-order chi connectivity index (χ0) is 16.2. The van der Waals surface area contributed by atoms with Crippen LogP contribution in [-0.2, 0) is 18.9 Å². The van der Waals surface area contributed by atoms with Gasteiger partial charge in [-0.15, -0.1) is 4.91 Å². The molecule has 7 nitrogen and oxygen atoms in total. The summed E-state index contributed by atoms with van der Waals surface area (Å²) in [6.07, 6.45) is 0. The molecule has 0 unspecified atom stereocenters. The molecular formula is C16H24N2O5. The lowest BCUT2D eigenvalue weighted by atomic mass is 10.2. The van der Waals surface area contributed by atoms with Crippen molar-refractivity contribution in [1.29, 1.82) is 0 Å². The van der Waals surface area contributed by atoms with Crippen molar-refractivity contribution in [2.24, 2.45) is 5.18 Å². The fraction of sp³-hybridized carbons (Fsp3) is 0.625. The summed E-state index contributed by atoms with van der Waals surface area (Å²) in [5.41, 5.74) is 1.44. The molecule has 0 spiro atoms. The zero-order valence-electron chi connectivity index (χ0n) is 13.3. The molecule has 1 aliphatic heterocycles. The van der Waals surface area contributed by atoms with Crippen LogP contribution in [0, 0.1) is 4.91 Å². The molecule has 23 heavy (non-hydrogen) atoms. The summed E-state index contributed by atoms with van der Waals surface area (Å²) in [5.74, 6) is 0. The Bertz CT molecular complexity index is 425. The Balaban J connectivity index is 1.89. The van der Waals surface area contributed by atoms with E-state index >= 15 is 0 Å². The largest absolute Gasteiger partial charge is 0.377 e. The average molecular weight is 324 g/mol. The van der Waals surface area contributed by atoms with Crippen molar-refractivity contribution in [3.8, 4) is 0 Å². The lowest BCUT2D eigenvalue weighted by Crippen LogP contribution is -2.31. The second kappa shape index (κ2) is 11.1. The molecule has 1 aliphatic rings. The highest BCUT2D eigenvalue weighted by Crippen LogP contribution is 2.19. The van der Waals surface area contributed by atoms with E-state index in [2.05, 4.69) is 10.1 Å². The fourth-order valence-corrected chi connectivity index (χ4v) is 2.21. The number of anilines is 1. The van der Waals surface area contributed by atoms with Gasteiger partial charge in [-0.1, -0.05) is 0 Å². The number of benzene rings is 1. The summed E-state index contributed by atoms with van der Waals surface area (Å²) in [5, 5.41) is 2.92. The van der Waals surface area contributed by atoms with E-state index in [1.165, 1.54) is 0 Å². The summed E-state index contributed by atoms with van der Waals surface area (Å²) in [6.45, 7) is 6.12. The first-order valence-electron chi connectivity index (χ1n) is 7.89. The van der Waals surface area contributed by atoms with Crippen LogP contribution in [0.5, 0.6) is 0 Å². The Kier molecular flexibility index (Phi) is 8.57. The molecule has 1 saturated heterocycles. The van der Waals surface area contributed by atoms with Crippen LogP contribution in [0.3, 0.4) is 0 Å². The first-order valence-corrected chi connectivity index (χ1v) is 7.89. The summed E-state index contributed by atoms with van der Waals surface area (Å²) in [4.78, 5) is 12.7. The van der Waals surface area contributed by atoms with Gasteiger partial charge in [0.1, 0.15) is 5.69 Å². The van der Waals surface area contributed by atoms with Crippen molar-refractivity contribution in [2.75, 3.05) is 70.8 Å². The molecular weight excluding hydrogens is 300 g/mol. The number of nitrogens with zero attached hydrogens (tertiary/aromatic N) is 2. The maximum Gasteiger partial charge on any atom is 0.108 e. The van der Waals surface area contributed by atoms with Gasteiger partial charge in [0.2, 0.25) is 0 Å². The van der Waals surface area contributed by atoms with E-state index in [-0.39, 0.29) is 0 Å². The Morgan fingerprint density at radius 3 is 1.57 bits per heavy atom. The third-order valence-electron chi connectivity index (χ3n) is 3.45. The fourth-order valence-electron chi connectivity index (χ4n) is 2.21. The van der Waals surface area contributed by atoms with E-state index < -0.39 is 0 Å². The van der Waals surface area contributed by atoms with Gasteiger partial charge in [-0.3, -0.25) is 0 Å². The number of nitroso groups, excluding NO2 is 1. The summed E-state index contributed by atoms with van der Waals surface area (Å²) in [6, 6.07) is 7.19. The van der Waals surface area contributed by atoms with Gasteiger partial charge >= 0.3 is 0 Å². The van der Waals surface area contributed by atoms with Crippen LogP contribution in [0.15, 0.2) is 29.4 Å². The quantitative estimate of drug-likeness (QED) is 0.775. The summed E-state index contributed by atoms with van der Waals surface area (Å²) < 4.78 is 22.0. The zero-order valence-corrected chi connectivity index (χ0v) is 13.3. The highest BCUT2D eigenvalue weighted by atomic mass is 16.6. The molecule has 7 heteroatoms. The Labute approximate surface area is 136 Å². The van der Waals surface area contributed by atoms with Crippen molar-refractivity contribution in [1.82, 2.24) is 0 Å². The minimum Gasteiger partial charge on any atom is -0.377 e. The third-order valence-corrected chi connectivity index (χ3v) is 3.45. The van der Waals surface area contributed by atoms with Crippen LogP contribution in [0.4, 0.5) is 11.4 Å². The van der Waals surface area contributed by atoms with Crippen LogP contribution in [0.25, 0.3) is 0 Å². The first kappa shape index (κ1) is 17.8. The van der Waals surface area contributed by atoms with Crippen molar-refractivity contribution in [2.45, 2.75) is 0 Å². The second-order valence-corrected chi connectivity index (χ2v) is 5.04. The van der Waals surface area contributed by atoms with Crippen molar-refractivity contribution >= 4 is 11.4 Å². The van der Waals surface area contributed by atoms with E-state index in [1.54, 1.807) is 12.1 Å². The highest BCUT2D eigenvalue weighted by molar-refractivity contribution is 5.52. The normalized spacial score (nSPS) is 19.6. The molecule has 0 atom stereocenters. The highest BCUT2D eigenvalue weighted by Gasteiger charge is 2.07. The number of hydrogen-bond donors (Lipinski definition) is 0. The van der Waals surface area contributed by atoms with Gasteiger partial charge in [0.05, 0.1) is 52.9 Å². The van der Waals surface area contributed by atoms with E-state index in [0.29, 0.717) is 58.5 Å². The maximum absolute atomic E-state index is 10.5. The Morgan fingerprint density at radius 1 is 0.696 bits per heavy atom. The molecule has 0 radical (unpaired) electrons. The molecule has 0 aliphatic carbocycles. The molecule has 1 fully saturated rings. The van der Waals surface area contributed by atoms with Gasteiger partial charge in [-0.25, -0.2) is 0 Å². The Morgan fingerprint density at radius 2 is 1.13 bits per heavy atom. The van der Waals surface area contributed by atoms with Crippen LogP contribution >= 0.6 is 0 Å². The van der Waals surface area contributed by atoms with Gasteiger partial charge in [-0.2, -0.15) is 0 Å².